The Labute approximate surface area is 294 Å². The largest absolute Gasteiger partial charge is 0.460 e. The van der Waals surface area contributed by atoms with Gasteiger partial charge in [-0.15, -0.1) is 0 Å². The first-order valence-electron chi connectivity index (χ1n) is 16.0. The fourth-order valence-corrected chi connectivity index (χ4v) is 4.25. The molecule has 6 N–H and O–H groups in total. The monoisotopic (exact) mass is 707 g/mol. The number of rotatable bonds is 14. The van der Waals surface area contributed by atoms with Gasteiger partial charge in [-0.25, -0.2) is 9.59 Å². The molecule has 274 valence electrons. The predicted octanol–water partition coefficient (Wildman–Crippen LogP) is 2.57. The second kappa shape index (κ2) is 17.9. The SMILES string of the molecule is CC(C)[C@H](NC(=O)[C@H](CC(=O)OC(C)(C)C)NC(=O)CNC(=O)C(Cc1ccc(C(N)=S)cc1)NC(=O)OC(C)(C)C)C(=O)OC(C)(C)C. The Bertz CT molecular complexity index is 1360. The van der Waals surface area contributed by atoms with Crippen LogP contribution in [0, 0.1) is 5.92 Å². The first-order valence-corrected chi connectivity index (χ1v) is 16.4. The quantitative estimate of drug-likeness (QED) is 0.108. The molecule has 0 aliphatic rings. The molecule has 0 spiro atoms. The number of alkyl carbamates (subject to hydrolysis) is 1. The highest BCUT2D eigenvalue weighted by Gasteiger charge is 2.34. The molecular formula is C34H53N5O9S. The molecule has 1 rings (SSSR count). The van der Waals surface area contributed by atoms with Crippen LogP contribution in [0.5, 0.6) is 0 Å². The normalized spacial score (nSPS) is 13.6. The van der Waals surface area contributed by atoms with Crippen LogP contribution in [0.25, 0.3) is 0 Å². The average molecular weight is 708 g/mol. The number of carbonyl (C=O) groups excluding carboxylic acids is 6. The van der Waals surface area contributed by atoms with Crippen molar-refractivity contribution in [2.75, 3.05) is 6.54 Å². The van der Waals surface area contributed by atoms with Crippen molar-refractivity contribution in [2.24, 2.45) is 11.7 Å². The summed E-state index contributed by atoms with van der Waals surface area (Å²) >= 11 is 4.99. The smallest absolute Gasteiger partial charge is 0.408 e. The van der Waals surface area contributed by atoms with E-state index in [9.17, 15) is 28.8 Å². The number of nitrogens with one attached hydrogen (secondary N) is 4. The molecule has 1 aromatic rings. The molecule has 1 unspecified atom stereocenters. The molecular weight excluding hydrogens is 654 g/mol. The molecule has 0 bridgehead atoms. The van der Waals surface area contributed by atoms with Gasteiger partial charge in [-0.2, -0.15) is 0 Å². The highest BCUT2D eigenvalue weighted by Crippen LogP contribution is 2.14. The predicted molar refractivity (Wildman–Crippen MR) is 187 cm³/mol. The molecule has 1 aromatic carbocycles. The summed E-state index contributed by atoms with van der Waals surface area (Å²) in [5, 5.41) is 10.00. The number of esters is 2. The summed E-state index contributed by atoms with van der Waals surface area (Å²) in [5.74, 6) is -4.24. The van der Waals surface area contributed by atoms with Crippen molar-refractivity contribution >= 4 is 53.0 Å². The Morgan fingerprint density at radius 3 is 1.73 bits per heavy atom. The number of ether oxygens (including phenoxy) is 3. The van der Waals surface area contributed by atoms with Gasteiger partial charge in [0.15, 0.2) is 0 Å². The van der Waals surface area contributed by atoms with Crippen molar-refractivity contribution in [3.05, 3.63) is 35.4 Å². The Morgan fingerprint density at radius 2 is 1.27 bits per heavy atom. The summed E-state index contributed by atoms with van der Waals surface area (Å²) in [7, 11) is 0. The van der Waals surface area contributed by atoms with Crippen LogP contribution in [-0.2, 0) is 44.6 Å². The number of hydrogen-bond acceptors (Lipinski definition) is 10. The lowest BCUT2D eigenvalue weighted by molar-refractivity contribution is -0.160. The minimum Gasteiger partial charge on any atom is -0.460 e. The van der Waals surface area contributed by atoms with Gasteiger partial charge in [0.2, 0.25) is 17.7 Å². The van der Waals surface area contributed by atoms with Gasteiger partial charge in [0.1, 0.15) is 39.9 Å². The molecule has 0 heterocycles. The Kier molecular flexibility index (Phi) is 15.6. The number of hydrogen-bond donors (Lipinski definition) is 5. The van der Waals surface area contributed by atoms with Gasteiger partial charge in [0.05, 0.1) is 13.0 Å². The lowest BCUT2D eigenvalue weighted by atomic mass is 10.0. The van der Waals surface area contributed by atoms with E-state index >= 15 is 0 Å². The van der Waals surface area contributed by atoms with Crippen LogP contribution in [0.3, 0.4) is 0 Å². The molecule has 0 saturated heterocycles. The molecule has 0 aromatic heterocycles. The zero-order valence-corrected chi connectivity index (χ0v) is 31.2. The van der Waals surface area contributed by atoms with Crippen LogP contribution in [-0.4, -0.2) is 82.2 Å². The average Bonchev–Trinajstić information content (AvgIpc) is 2.90. The van der Waals surface area contributed by atoms with E-state index in [0.29, 0.717) is 11.1 Å². The first-order chi connectivity index (χ1) is 22.3. The van der Waals surface area contributed by atoms with Crippen molar-refractivity contribution in [3.8, 4) is 0 Å². The molecule has 0 aliphatic heterocycles. The third-order valence-electron chi connectivity index (χ3n) is 6.18. The molecule has 0 saturated carbocycles. The third-order valence-corrected chi connectivity index (χ3v) is 6.41. The van der Waals surface area contributed by atoms with E-state index in [-0.39, 0.29) is 11.4 Å². The van der Waals surface area contributed by atoms with Crippen LogP contribution in [0.1, 0.15) is 93.7 Å². The summed E-state index contributed by atoms with van der Waals surface area (Å²) in [6.45, 7) is 17.8. The number of thiocarbonyl (C=S) groups is 1. The second-order valence-corrected chi connectivity index (χ2v) is 15.3. The second-order valence-electron chi connectivity index (χ2n) is 14.9. The molecule has 0 radical (unpaired) electrons. The Hall–Kier alpha value is -4.27. The van der Waals surface area contributed by atoms with E-state index < -0.39 is 89.6 Å². The van der Waals surface area contributed by atoms with Gasteiger partial charge in [-0.3, -0.25) is 19.2 Å². The number of amides is 4. The summed E-state index contributed by atoms with van der Waals surface area (Å²) in [6.07, 6.45) is -1.39. The number of nitrogens with two attached hydrogens (primary N) is 1. The first kappa shape index (κ1) is 42.8. The van der Waals surface area contributed by atoms with Crippen molar-refractivity contribution < 1.29 is 43.0 Å². The molecule has 49 heavy (non-hydrogen) atoms. The van der Waals surface area contributed by atoms with E-state index in [0.717, 1.165) is 0 Å². The minimum absolute atomic E-state index is 0.0231. The van der Waals surface area contributed by atoms with E-state index in [1.165, 1.54) is 0 Å². The van der Waals surface area contributed by atoms with Crippen molar-refractivity contribution in [1.82, 2.24) is 21.3 Å². The highest BCUT2D eigenvalue weighted by atomic mass is 32.1. The van der Waals surface area contributed by atoms with Gasteiger partial charge in [-0.1, -0.05) is 50.3 Å². The standard InChI is InChI=1S/C34H53N5O9S/c1-19(2)26(30(44)47-33(6,7)8)39-29(43)23(17-25(41)46-32(3,4)5)37-24(40)18-36-28(42)22(38-31(45)48-34(9,10)11)16-20-12-14-21(15-13-20)27(35)49/h12-15,19,22-23,26H,16-18H2,1-11H3,(H2,35,49)(H,36,42)(H,37,40)(H,38,45)(H,39,43)/t22?,23-,26-/m0/s1. The van der Waals surface area contributed by atoms with E-state index in [4.69, 9.17) is 32.2 Å². The maximum absolute atomic E-state index is 13.4. The van der Waals surface area contributed by atoms with Crippen LogP contribution in [0.4, 0.5) is 4.79 Å². The Balaban J connectivity index is 3.16. The van der Waals surface area contributed by atoms with E-state index in [1.807, 2.05) is 0 Å². The number of benzene rings is 1. The molecule has 4 amide bonds. The zero-order valence-electron chi connectivity index (χ0n) is 30.4. The highest BCUT2D eigenvalue weighted by molar-refractivity contribution is 7.80. The summed E-state index contributed by atoms with van der Waals surface area (Å²) in [5.41, 5.74) is 4.40. The molecule has 0 aliphatic carbocycles. The van der Waals surface area contributed by atoms with Gasteiger partial charge >= 0.3 is 18.0 Å². The summed E-state index contributed by atoms with van der Waals surface area (Å²) < 4.78 is 16.1. The lowest BCUT2D eigenvalue weighted by Gasteiger charge is -2.28. The van der Waals surface area contributed by atoms with E-state index in [1.54, 1.807) is 100 Å². The maximum Gasteiger partial charge on any atom is 0.408 e. The van der Waals surface area contributed by atoms with Crippen molar-refractivity contribution in [1.29, 1.82) is 0 Å². The lowest BCUT2D eigenvalue weighted by Crippen LogP contribution is -2.56. The number of carbonyl (C=O) groups is 6. The minimum atomic E-state index is -1.47. The van der Waals surface area contributed by atoms with Crippen LogP contribution in [0.15, 0.2) is 24.3 Å². The van der Waals surface area contributed by atoms with E-state index in [2.05, 4.69) is 21.3 Å². The van der Waals surface area contributed by atoms with Gasteiger partial charge < -0.3 is 41.2 Å². The molecule has 0 fully saturated rings. The van der Waals surface area contributed by atoms with Gasteiger partial charge in [-0.05, 0) is 73.8 Å². The molecule has 15 heteroatoms. The Morgan fingerprint density at radius 1 is 0.735 bits per heavy atom. The van der Waals surface area contributed by atoms with Gasteiger partial charge in [0, 0.05) is 12.0 Å². The molecule has 14 nitrogen and oxygen atoms in total. The van der Waals surface area contributed by atoms with Gasteiger partial charge in [0.25, 0.3) is 0 Å². The molecule has 3 atom stereocenters. The van der Waals surface area contributed by atoms with Crippen molar-refractivity contribution in [3.63, 3.8) is 0 Å². The zero-order chi connectivity index (χ0) is 37.9. The maximum atomic E-state index is 13.4. The fourth-order valence-electron chi connectivity index (χ4n) is 4.11. The van der Waals surface area contributed by atoms with Crippen molar-refractivity contribution in [2.45, 2.75) is 124 Å². The topological polar surface area (TPSA) is 204 Å². The van der Waals surface area contributed by atoms with Crippen LogP contribution >= 0.6 is 12.2 Å². The summed E-state index contributed by atoms with van der Waals surface area (Å²) in [6, 6.07) is 3.02. The van der Waals surface area contributed by atoms with Crippen LogP contribution in [0.2, 0.25) is 0 Å². The van der Waals surface area contributed by atoms with Crippen LogP contribution < -0.4 is 27.0 Å². The summed E-state index contributed by atoms with van der Waals surface area (Å²) in [4.78, 5) is 78.1. The third kappa shape index (κ3) is 17.6. The fraction of sp³-hybridized carbons (Fsp3) is 0.618.